The number of aryl methyl sites for hydroxylation is 2. The van der Waals surface area contributed by atoms with Crippen LogP contribution in [0.4, 0.5) is 5.69 Å². The molecule has 0 aliphatic carbocycles. The van der Waals surface area contributed by atoms with E-state index in [0.29, 0.717) is 5.56 Å². The molecule has 0 bridgehead atoms. The van der Waals surface area contributed by atoms with Crippen LogP contribution < -0.4 is 5.32 Å². The monoisotopic (exact) mass is 306 g/mol. The van der Waals surface area contributed by atoms with Gasteiger partial charge in [0.25, 0.3) is 5.69 Å². The average Bonchev–Trinajstić information content (AvgIpc) is 2.92. The highest BCUT2D eigenvalue weighted by Gasteiger charge is 2.14. The Morgan fingerprint density at radius 1 is 1.38 bits per heavy atom. The molecule has 0 fully saturated rings. The molecule has 0 radical (unpaired) electrons. The molecule has 21 heavy (non-hydrogen) atoms. The van der Waals surface area contributed by atoms with Gasteiger partial charge in [-0.15, -0.1) is 10.2 Å². The van der Waals surface area contributed by atoms with E-state index in [4.69, 9.17) is 0 Å². The highest BCUT2D eigenvalue weighted by Crippen LogP contribution is 2.29. The third-order valence-corrected chi connectivity index (χ3v) is 4.15. The standard InChI is InChI=1S/C14H18N4O2S/c1-3-15-8-4-5-13-16-17-14(21-13)11-7-6-10(2)12(9-11)18(19)20/h6-7,9,15H,3-5,8H2,1-2H3. The minimum absolute atomic E-state index is 0.122. The lowest BCUT2D eigenvalue weighted by Gasteiger charge is -1.99. The van der Waals surface area contributed by atoms with Gasteiger partial charge in [0.2, 0.25) is 0 Å². The smallest absolute Gasteiger partial charge is 0.273 e. The van der Waals surface area contributed by atoms with Gasteiger partial charge in [-0.3, -0.25) is 10.1 Å². The molecule has 0 atom stereocenters. The summed E-state index contributed by atoms with van der Waals surface area (Å²) in [5, 5.41) is 24.2. The predicted molar refractivity (Wildman–Crippen MR) is 83.6 cm³/mol. The van der Waals surface area contributed by atoms with Crippen molar-refractivity contribution < 1.29 is 4.92 Å². The molecule has 1 aromatic carbocycles. The number of nitro benzene ring substituents is 1. The van der Waals surface area contributed by atoms with Crippen molar-refractivity contribution in [1.29, 1.82) is 0 Å². The van der Waals surface area contributed by atoms with E-state index in [1.54, 1.807) is 19.1 Å². The first-order chi connectivity index (χ1) is 10.1. The summed E-state index contributed by atoms with van der Waals surface area (Å²) in [5.74, 6) is 0. The van der Waals surface area contributed by atoms with E-state index < -0.39 is 0 Å². The number of hydrogen-bond donors (Lipinski definition) is 1. The number of rotatable bonds is 7. The lowest BCUT2D eigenvalue weighted by atomic mass is 10.1. The van der Waals surface area contributed by atoms with Crippen LogP contribution in [0.25, 0.3) is 10.6 Å². The Morgan fingerprint density at radius 3 is 2.90 bits per heavy atom. The minimum Gasteiger partial charge on any atom is -0.317 e. The molecule has 0 saturated heterocycles. The van der Waals surface area contributed by atoms with Crippen molar-refractivity contribution in [2.45, 2.75) is 26.7 Å². The molecular formula is C14H18N4O2S. The van der Waals surface area contributed by atoms with Gasteiger partial charge in [0.15, 0.2) is 0 Å². The maximum Gasteiger partial charge on any atom is 0.273 e. The summed E-state index contributed by atoms with van der Waals surface area (Å²) in [7, 11) is 0. The van der Waals surface area contributed by atoms with Crippen molar-refractivity contribution in [2.75, 3.05) is 13.1 Å². The van der Waals surface area contributed by atoms with Crippen molar-refractivity contribution in [1.82, 2.24) is 15.5 Å². The quantitative estimate of drug-likeness (QED) is 0.483. The Morgan fingerprint density at radius 2 is 2.19 bits per heavy atom. The Labute approximate surface area is 127 Å². The van der Waals surface area contributed by atoms with Crippen LogP contribution in [0.15, 0.2) is 18.2 Å². The van der Waals surface area contributed by atoms with Gasteiger partial charge in [0.1, 0.15) is 10.0 Å². The summed E-state index contributed by atoms with van der Waals surface area (Å²) in [4.78, 5) is 10.6. The van der Waals surface area contributed by atoms with E-state index in [9.17, 15) is 10.1 Å². The fourth-order valence-electron chi connectivity index (χ4n) is 1.95. The summed E-state index contributed by atoms with van der Waals surface area (Å²) >= 11 is 1.50. The first-order valence-electron chi connectivity index (χ1n) is 6.90. The Hall–Kier alpha value is -1.86. The molecule has 0 spiro atoms. The van der Waals surface area contributed by atoms with E-state index in [1.807, 2.05) is 6.07 Å². The Balaban J connectivity index is 2.10. The maximum atomic E-state index is 11.0. The first kappa shape index (κ1) is 15.5. The summed E-state index contributed by atoms with van der Waals surface area (Å²) in [6.07, 6.45) is 1.88. The second-order valence-corrected chi connectivity index (χ2v) is 5.78. The lowest BCUT2D eigenvalue weighted by molar-refractivity contribution is -0.385. The van der Waals surface area contributed by atoms with Crippen LogP contribution in [0.5, 0.6) is 0 Å². The molecule has 0 saturated carbocycles. The lowest BCUT2D eigenvalue weighted by Crippen LogP contribution is -2.14. The van der Waals surface area contributed by atoms with Crippen molar-refractivity contribution in [3.63, 3.8) is 0 Å². The number of benzene rings is 1. The van der Waals surface area contributed by atoms with Crippen LogP contribution in [0, 0.1) is 17.0 Å². The number of nitrogens with zero attached hydrogens (tertiary/aromatic N) is 3. The number of hydrogen-bond acceptors (Lipinski definition) is 6. The Bertz CT molecular complexity index is 627. The Kier molecular flexibility index (Phi) is 5.35. The summed E-state index contributed by atoms with van der Waals surface area (Å²) in [6.45, 7) is 5.73. The van der Waals surface area contributed by atoms with E-state index in [0.717, 1.165) is 41.5 Å². The van der Waals surface area contributed by atoms with Crippen LogP contribution in [0.2, 0.25) is 0 Å². The second-order valence-electron chi connectivity index (χ2n) is 4.72. The van der Waals surface area contributed by atoms with Crippen molar-refractivity contribution in [2.24, 2.45) is 0 Å². The van der Waals surface area contributed by atoms with E-state index in [1.165, 1.54) is 11.3 Å². The zero-order valence-corrected chi connectivity index (χ0v) is 12.9. The van der Waals surface area contributed by atoms with Crippen LogP contribution in [-0.2, 0) is 6.42 Å². The third kappa shape index (κ3) is 4.05. The van der Waals surface area contributed by atoms with Gasteiger partial charge in [-0.2, -0.15) is 0 Å². The van der Waals surface area contributed by atoms with Crippen LogP contribution in [0.1, 0.15) is 23.9 Å². The highest BCUT2D eigenvalue weighted by molar-refractivity contribution is 7.14. The molecule has 0 aliphatic heterocycles. The van der Waals surface area contributed by atoms with Crippen molar-refractivity contribution >= 4 is 17.0 Å². The predicted octanol–water partition coefficient (Wildman–Crippen LogP) is 2.96. The van der Waals surface area contributed by atoms with Crippen molar-refractivity contribution in [3.8, 4) is 10.6 Å². The van der Waals surface area contributed by atoms with Gasteiger partial charge in [-0.1, -0.05) is 30.4 Å². The fourth-order valence-corrected chi connectivity index (χ4v) is 2.83. The zero-order chi connectivity index (χ0) is 15.2. The molecular weight excluding hydrogens is 288 g/mol. The van der Waals surface area contributed by atoms with Crippen molar-refractivity contribution in [3.05, 3.63) is 38.9 Å². The molecule has 7 heteroatoms. The van der Waals surface area contributed by atoms with Crippen LogP contribution >= 0.6 is 11.3 Å². The topological polar surface area (TPSA) is 81.0 Å². The number of aromatic nitrogens is 2. The highest BCUT2D eigenvalue weighted by atomic mass is 32.1. The van der Waals surface area contributed by atoms with Crippen LogP contribution in [-0.4, -0.2) is 28.2 Å². The van der Waals surface area contributed by atoms with Crippen LogP contribution in [0.3, 0.4) is 0 Å². The van der Waals surface area contributed by atoms with Gasteiger partial charge in [0, 0.05) is 23.6 Å². The largest absolute Gasteiger partial charge is 0.317 e. The molecule has 112 valence electrons. The molecule has 6 nitrogen and oxygen atoms in total. The van der Waals surface area contributed by atoms with E-state index >= 15 is 0 Å². The zero-order valence-electron chi connectivity index (χ0n) is 12.1. The molecule has 0 aliphatic rings. The number of nitro groups is 1. The number of nitrogens with one attached hydrogen (secondary N) is 1. The van der Waals surface area contributed by atoms with Gasteiger partial charge in [-0.05, 0) is 26.4 Å². The van der Waals surface area contributed by atoms with Gasteiger partial charge in [-0.25, -0.2) is 0 Å². The molecule has 1 N–H and O–H groups in total. The normalized spacial score (nSPS) is 10.8. The molecule has 2 aromatic rings. The van der Waals surface area contributed by atoms with Gasteiger partial charge in [0.05, 0.1) is 4.92 Å². The molecule has 1 heterocycles. The van der Waals surface area contributed by atoms with Gasteiger partial charge < -0.3 is 5.32 Å². The second kappa shape index (κ2) is 7.24. The van der Waals surface area contributed by atoms with E-state index in [2.05, 4.69) is 22.4 Å². The molecule has 0 unspecified atom stereocenters. The SMILES string of the molecule is CCNCCCc1nnc(-c2ccc(C)c([N+](=O)[O-])c2)s1. The van der Waals surface area contributed by atoms with Gasteiger partial charge >= 0.3 is 0 Å². The third-order valence-electron chi connectivity index (χ3n) is 3.11. The summed E-state index contributed by atoms with van der Waals surface area (Å²) in [5.41, 5.74) is 1.53. The van der Waals surface area contributed by atoms with E-state index in [-0.39, 0.29) is 10.6 Å². The fraction of sp³-hybridized carbons (Fsp3) is 0.429. The molecule has 0 amide bonds. The molecule has 2 rings (SSSR count). The summed E-state index contributed by atoms with van der Waals surface area (Å²) < 4.78 is 0. The summed E-state index contributed by atoms with van der Waals surface area (Å²) in [6, 6.07) is 5.17. The average molecular weight is 306 g/mol. The maximum absolute atomic E-state index is 11.0. The first-order valence-corrected chi connectivity index (χ1v) is 7.72. The molecule has 1 aromatic heterocycles. The minimum atomic E-state index is -0.364.